The van der Waals surface area contributed by atoms with Crippen LogP contribution < -0.4 is 9.62 Å². The van der Waals surface area contributed by atoms with Crippen LogP contribution in [0.4, 0.5) is 10.1 Å². The molecule has 3 atom stereocenters. The van der Waals surface area contributed by atoms with Crippen molar-refractivity contribution in [1.29, 1.82) is 0 Å². The van der Waals surface area contributed by atoms with Gasteiger partial charge in [0.05, 0.1) is 18.1 Å². The van der Waals surface area contributed by atoms with Gasteiger partial charge >= 0.3 is 0 Å². The molecule has 3 unspecified atom stereocenters. The van der Waals surface area contributed by atoms with Crippen molar-refractivity contribution < 1.29 is 17.9 Å². The summed E-state index contributed by atoms with van der Waals surface area (Å²) in [6.07, 6.45) is 4.17. The van der Waals surface area contributed by atoms with E-state index in [1.54, 1.807) is 37.3 Å². The molecule has 0 spiro atoms. The molecule has 0 aliphatic carbocycles. The lowest BCUT2D eigenvalue weighted by atomic mass is 9.94. The standard InChI is InChI=1S/C20H35FN2O3S/c1-5-14-20(24,22-15-10-11-18(6-2)16-17(3)21)23(27(4,25)26)19-12-8-7-9-13-19/h7-9,12-13,17-18,22,24H,5-6,10-11,14-16H2,1-4H3. The summed E-state index contributed by atoms with van der Waals surface area (Å²) in [5, 5.41) is 14.2. The van der Waals surface area contributed by atoms with Crippen molar-refractivity contribution in [3.63, 3.8) is 0 Å². The third kappa shape index (κ3) is 7.76. The number of hydrogen-bond donors (Lipinski definition) is 2. The number of alkyl halides is 1. The highest BCUT2D eigenvalue weighted by atomic mass is 32.2. The molecule has 1 aromatic carbocycles. The number of benzene rings is 1. The molecule has 5 nitrogen and oxygen atoms in total. The largest absolute Gasteiger partial charge is 0.358 e. The van der Waals surface area contributed by atoms with Crippen LogP contribution in [-0.2, 0) is 10.0 Å². The van der Waals surface area contributed by atoms with Crippen molar-refractivity contribution in [3.8, 4) is 0 Å². The second-order valence-electron chi connectivity index (χ2n) is 7.29. The first-order valence-corrected chi connectivity index (χ1v) is 11.7. The van der Waals surface area contributed by atoms with Crippen LogP contribution in [0.3, 0.4) is 0 Å². The predicted octanol–water partition coefficient (Wildman–Crippen LogP) is 4.04. The molecule has 1 aromatic rings. The number of hydrogen-bond acceptors (Lipinski definition) is 4. The highest BCUT2D eigenvalue weighted by Crippen LogP contribution is 2.27. The molecule has 7 heteroatoms. The number of sulfonamides is 1. The minimum absolute atomic E-state index is 0.258. The molecule has 0 bridgehead atoms. The van der Waals surface area contributed by atoms with E-state index in [0.717, 1.165) is 29.8 Å². The number of anilines is 1. The SMILES string of the molecule is CCCC(O)(NCCCC(CC)CC(C)F)N(c1ccccc1)S(C)(=O)=O. The molecule has 156 valence electrons. The maximum absolute atomic E-state index is 13.2. The van der Waals surface area contributed by atoms with Crippen LogP contribution >= 0.6 is 0 Å². The van der Waals surface area contributed by atoms with Crippen LogP contribution in [0.2, 0.25) is 0 Å². The van der Waals surface area contributed by atoms with Crippen molar-refractivity contribution in [1.82, 2.24) is 5.32 Å². The van der Waals surface area contributed by atoms with Crippen LogP contribution in [0.15, 0.2) is 30.3 Å². The van der Waals surface area contributed by atoms with Gasteiger partial charge in [-0.05, 0) is 50.8 Å². The first-order valence-electron chi connectivity index (χ1n) is 9.81. The Morgan fingerprint density at radius 2 is 1.89 bits per heavy atom. The molecule has 0 saturated carbocycles. The topological polar surface area (TPSA) is 69.6 Å². The molecule has 1 rings (SSSR count). The zero-order chi connectivity index (χ0) is 20.5. The lowest BCUT2D eigenvalue weighted by Gasteiger charge is -2.40. The Morgan fingerprint density at radius 1 is 1.26 bits per heavy atom. The zero-order valence-corrected chi connectivity index (χ0v) is 17.8. The van der Waals surface area contributed by atoms with E-state index in [1.165, 1.54) is 0 Å². The van der Waals surface area contributed by atoms with E-state index in [9.17, 15) is 17.9 Å². The summed E-state index contributed by atoms with van der Waals surface area (Å²) in [4.78, 5) is 0. The Hall–Kier alpha value is -1.18. The van der Waals surface area contributed by atoms with Crippen LogP contribution in [0, 0.1) is 5.92 Å². The van der Waals surface area contributed by atoms with Gasteiger partial charge in [0.15, 0.2) is 0 Å². The predicted molar refractivity (Wildman–Crippen MR) is 110 cm³/mol. The third-order valence-electron chi connectivity index (χ3n) is 4.69. The van der Waals surface area contributed by atoms with Gasteiger partial charge in [-0.15, -0.1) is 0 Å². The van der Waals surface area contributed by atoms with E-state index in [0.29, 0.717) is 31.0 Å². The third-order valence-corrected chi connectivity index (χ3v) is 5.87. The zero-order valence-electron chi connectivity index (χ0n) is 17.0. The van der Waals surface area contributed by atoms with Gasteiger partial charge in [0.1, 0.15) is 0 Å². The minimum Gasteiger partial charge on any atom is -0.358 e. The van der Waals surface area contributed by atoms with Gasteiger partial charge in [-0.1, -0.05) is 44.9 Å². The average Bonchev–Trinajstić information content (AvgIpc) is 2.57. The van der Waals surface area contributed by atoms with Crippen molar-refractivity contribution in [2.75, 3.05) is 17.1 Å². The molecule has 0 aromatic heterocycles. The molecule has 0 radical (unpaired) electrons. The Kier molecular flexibility index (Phi) is 9.70. The average molecular weight is 403 g/mol. The van der Waals surface area contributed by atoms with E-state index in [4.69, 9.17) is 0 Å². The van der Waals surface area contributed by atoms with E-state index in [2.05, 4.69) is 12.2 Å². The van der Waals surface area contributed by atoms with E-state index >= 15 is 0 Å². The van der Waals surface area contributed by atoms with Crippen LogP contribution in [0.1, 0.15) is 59.3 Å². The van der Waals surface area contributed by atoms with Gasteiger partial charge in [-0.3, -0.25) is 5.32 Å². The van der Waals surface area contributed by atoms with Crippen molar-refractivity contribution in [3.05, 3.63) is 30.3 Å². The first-order chi connectivity index (χ1) is 12.6. The molecule has 0 amide bonds. The fourth-order valence-corrected chi connectivity index (χ4v) is 4.69. The Labute approximate surface area is 164 Å². The van der Waals surface area contributed by atoms with Crippen LogP contribution in [-0.4, -0.2) is 38.3 Å². The number of para-hydroxylation sites is 1. The Morgan fingerprint density at radius 3 is 2.37 bits per heavy atom. The van der Waals surface area contributed by atoms with Gasteiger partial charge < -0.3 is 5.11 Å². The summed E-state index contributed by atoms with van der Waals surface area (Å²) >= 11 is 0. The van der Waals surface area contributed by atoms with Gasteiger partial charge in [0, 0.05) is 6.42 Å². The molecule has 0 aliphatic rings. The fraction of sp³-hybridized carbons (Fsp3) is 0.700. The normalized spacial score (nSPS) is 16.5. The lowest BCUT2D eigenvalue weighted by Crippen LogP contribution is -2.61. The molecular formula is C20H35FN2O3S. The van der Waals surface area contributed by atoms with Gasteiger partial charge in [0.2, 0.25) is 15.9 Å². The monoisotopic (exact) mass is 402 g/mol. The second kappa shape index (κ2) is 11.0. The smallest absolute Gasteiger partial charge is 0.235 e. The summed E-state index contributed by atoms with van der Waals surface area (Å²) in [5.41, 5.74) is 0.418. The summed E-state index contributed by atoms with van der Waals surface area (Å²) in [5.74, 6) is -1.40. The van der Waals surface area contributed by atoms with Crippen molar-refractivity contribution in [2.45, 2.75) is 71.3 Å². The van der Waals surface area contributed by atoms with E-state index < -0.39 is 22.0 Å². The minimum atomic E-state index is -3.70. The summed E-state index contributed by atoms with van der Waals surface area (Å²) in [6, 6.07) is 8.61. The van der Waals surface area contributed by atoms with Crippen LogP contribution in [0.5, 0.6) is 0 Å². The Balaban J connectivity index is 2.89. The molecule has 0 saturated heterocycles. The maximum atomic E-state index is 13.2. The molecule has 2 N–H and O–H groups in total. The highest BCUT2D eigenvalue weighted by molar-refractivity contribution is 7.92. The maximum Gasteiger partial charge on any atom is 0.235 e. The summed E-state index contributed by atoms with van der Waals surface area (Å²) in [6.45, 7) is 5.97. The first kappa shape index (κ1) is 23.9. The van der Waals surface area contributed by atoms with Gasteiger partial charge in [-0.2, -0.15) is 0 Å². The van der Waals surface area contributed by atoms with Crippen LogP contribution in [0.25, 0.3) is 0 Å². The molecule has 0 aliphatic heterocycles. The highest BCUT2D eigenvalue weighted by Gasteiger charge is 2.39. The second-order valence-corrected chi connectivity index (χ2v) is 9.12. The quantitative estimate of drug-likeness (QED) is 0.386. The summed E-state index contributed by atoms with van der Waals surface area (Å²) in [7, 11) is -3.70. The number of nitrogens with zero attached hydrogens (tertiary/aromatic N) is 1. The van der Waals surface area contributed by atoms with Crippen molar-refractivity contribution >= 4 is 15.7 Å². The number of aliphatic hydroxyl groups is 1. The van der Waals surface area contributed by atoms with Crippen molar-refractivity contribution in [2.24, 2.45) is 5.92 Å². The van der Waals surface area contributed by atoms with E-state index in [1.807, 2.05) is 6.92 Å². The molecule has 27 heavy (non-hydrogen) atoms. The molecule has 0 heterocycles. The fourth-order valence-electron chi connectivity index (χ4n) is 3.48. The Bertz CT molecular complexity index is 640. The molecule has 0 fully saturated rings. The number of rotatable bonds is 13. The lowest BCUT2D eigenvalue weighted by molar-refractivity contribution is 0.00797. The van der Waals surface area contributed by atoms with Gasteiger partial charge in [-0.25, -0.2) is 17.1 Å². The number of nitrogens with one attached hydrogen (secondary N) is 1. The van der Waals surface area contributed by atoms with E-state index in [-0.39, 0.29) is 6.42 Å². The number of halogens is 1. The van der Waals surface area contributed by atoms with Gasteiger partial charge in [0.25, 0.3) is 0 Å². The molecular weight excluding hydrogens is 367 g/mol. The summed E-state index contributed by atoms with van der Waals surface area (Å²) < 4.78 is 39.2.